The van der Waals surface area contributed by atoms with Gasteiger partial charge in [-0.25, -0.2) is 9.28 Å². The summed E-state index contributed by atoms with van der Waals surface area (Å²) in [5, 5.41) is 0. The molecule has 0 radical (unpaired) electrons. The maximum atomic E-state index is 13.5. The van der Waals surface area contributed by atoms with E-state index in [9.17, 15) is 18.0 Å². The molecular formula is C27H35F3NO2+. The molecule has 1 aliphatic heterocycles. The number of amides is 1. The fourth-order valence-electron chi connectivity index (χ4n) is 8.61. The Morgan fingerprint density at radius 1 is 1.09 bits per heavy atom. The Hall–Kier alpha value is -1.82. The van der Waals surface area contributed by atoms with E-state index in [0.717, 1.165) is 24.5 Å². The quantitative estimate of drug-likeness (QED) is 0.429. The van der Waals surface area contributed by atoms with E-state index < -0.39 is 6.36 Å². The molecule has 3 aliphatic carbocycles. The second-order valence-corrected chi connectivity index (χ2v) is 11.7. The summed E-state index contributed by atoms with van der Waals surface area (Å²) in [6, 6.07) is 6.04. The first-order chi connectivity index (χ1) is 15.4. The third kappa shape index (κ3) is 3.38. The summed E-state index contributed by atoms with van der Waals surface area (Å²) in [5.74, 6) is 1.68. The number of hydrogen-bond donors (Lipinski definition) is 0. The molecule has 33 heavy (non-hydrogen) atoms. The SMILES string of the molecule is CC1=C2[C@](C)(CCC(=O)[N+]2(C)c2cccc(OC(F)(F)F)c2)[C@H]2CC[C@]3(C)CCC[C@H]3[C@@H]2C1. The summed E-state index contributed by atoms with van der Waals surface area (Å²) in [7, 11) is 1.88. The minimum absolute atomic E-state index is 0.0391. The number of alkyl halides is 3. The van der Waals surface area contributed by atoms with E-state index in [2.05, 4.69) is 25.5 Å². The zero-order valence-electron chi connectivity index (χ0n) is 20.1. The van der Waals surface area contributed by atoms with Gasteiger partial charge < -0.3 is 4.74 Å². The van der Waals surface area contributed by atoms with Gasteiger partial charge in [-0.2, -0.15) is 0 Å². The first-order valence-corrected chi connectivity index (χ1v) is 12.4. The Morgan fingerprint density at radius 3 is 2.58 bits per heavy atom. The van der Waals surface area contributed by atoms with Crippen LogP contribution in [-0.4, -0.2) is 19.3 Å². The number of carbonyl (C=O) groups is 1. The molecule has 0 aromatic heterocycles. The van der Waals surface area contributed by atoms with Crippen molar-refractivity contribution in [1.82, 2.24) is 4.48 Å². The van der Waals surface area contributed by atoms with Gasteiger partial charge in [-0.15, -0.1) is 13.2 Å². The molecule has 1 heterocycles. The van der Waals surface area contributed by atoms with Crippen LogP contribution in [0.3, 0.4) is 0 Å². The number of ether oxygens (including phenoxy) is 1. The van der Waals surface area contributed by atoms with Crippen molar-refractivity contribution in [2.45, 2.75) is 78.5 Å². The Balaban J connectivity index is 1.61. The van der Waals surface area contributed by atoms with Crippen LogP contribution in [0.15, 0.2) is 35.5 Å². The molecule has 4 aliphatic rings. The standard InChI is InChI=1S/C27H35F3NO2/c1-17-15-20-21-9-6-12-25(21,2)13-10-22(20)26(3)14-11-23(32)31(4,24(17)26)18-7-5-8-19(16-18)33-27(28,29)30/h5,7-8,16,20-22H,6,9-15H2,1-4H3/q+1/t20-,21-,22-,25-,26+,31?/m0/s1. The van der Waals surface area contributed by atoms with E-state index >= 15 is 0 Å². The van der Waals surface area contributed by atoms with Gasteiger partial charge in [0.2, 0.25) is 0 Å². The van der Waals surface area contributed by atoms with Crippen LogP contribution in [0.4, 0.5) is 18.9 Å². The number of fused-ring (bicyclic) bond motifs is 5. The first-order valence-electron chi connectivity index (χ1n) is 12.4. The van der Waals surface area contributed by atoms with E-state index in [4.69, 9.17) is 0 Å². The van der Waals surface area contributed by atoms with Crippen LogP contribution in [0, 0.1) is 28.6 Å². The molecule has 2 saturated carbocycles. The van der Waals surface area contributed by atoms with E-state index in [0.29, 0.717) is 29.4 Å². The van der Waals surface area contributed by atoms with Gasteiger partial charge in [-0.3, -0.25) is 0 Å². The Morgan fingerprint density at radius 2 is 1.85 bits per heavy atom. The Kier molecular flexibility index (Phi) is 5.10. The summed E-state index contributed by atoms with van der Waals surface area (Å²) < 4.78 is 42.9. The van der Waals surface area contributed by atoms with Crippen LogP contribution in [0.2, 0.25) is 0 Å². The number of piperidine rings is 1. The summed E-state index contributed by atoms with van der Waals surface area (Å²) in [6.45, 7) is 6.98. The minimum Gasteiger partial charge on any atom is -0.406 e. The van der Waals surface area contributed by atoms with Crippen molar-refractivity contribution in [3.63, 3.8) is 0 Å². The van der Waals surface area contributed by atoms with Gasteiger partial charge in [0.1, 0.15) is 17.1 Å². The number of quaternary nitrogens is 1. The topological polar surface area (TPSA) is 26.3 Å². The lowest BCUT2D eigenvalue weighted by Gasteiger charge is -2.59. The van der Waals surface area contributed by atoms with Crippen molar-refractivity contribution in [3.8, 4) is 5.75 Å². The molecule has 1 amide bonds. The molecular weight excluding hydrogens is 427 g/mol. The number of benzene rings is 1. The highest BCUT2D eigenvalue weighted by atomic mass is 19.4. The van der Waals surface area contributed by atoms with Gasteiger partial charge in [-0.1, -0.05) is 26.3 Å². The van der Waals surface area contributed by atoms with Gasteiger partial charge >= 0.3 is 12.3 Å². The van der Waals surface area contributed by atoms with Crippen molar-refractivity contribution in [2.24, 2.45) is 28.6 Å². The molecule has 3 fully saturated rings. The van der Waals surface area contributed by atoms with Crippen LogP contribution in [0.5, 0.6) is 5.75 Å². The molecule has 0 bridgehead atoms. The van der Waals surface area contributed by atoms with Crippen LogP contribution >= 0.6 is 0 Å². The number of rotatable bonds is 2. The van der Waals surface area contributed by atoms with E-state index in [-0.39, 0.29) is 21.6 Å². The lowest BCUT2D eigenvalue weighted by molar-refractivity contribution is -0.274. The molecule has 3 nitrogen and oxygen atoms in total. The van der Waals surface area contributed by atoms with E-state index in [1.807, 2.05) is 7.05 Å². The monoisotopic (exact) mass is 462 g/mol. The van der Waals surface area contributed by atoms with Gasteiger partial charge in [-0.05, 0) is 80.3 Å². The normalized spacial score (nSPS) is 40.8. The van der Waals surface area contributed by atoms with E-state index in [1.54, 1.807) is 12.1 Å². The summed E-state index contributed by atoms with van der Waals surface area (Å²) in [5.41, 5.74) is 3.25. The smallest absolute Gasteiger partial charge is 0.406 e. The molecule has 0 spiro atoms. The highest BCUT2D eigenvalue weighted by Gasteiger charge is 2.63. The van der Waals surface area contributed by atoms with Crippen LogP contribution in [0.25, 0.3) is 0 Å². The largest absolute Gasteiger partial charge is 0.573 e. The first kappa shape index (κ1) is 22.9. The summed E-state index contributed by atoms with van der Waals surface area (Å²) in [6.07, 6.45) is 3.87. The molecule has 1 unspecified atom stereocenters. The highest BCUT2D eigenvalue weighted by molar-refractivity contribution is 5.93. The predicted molar refractivity (Wildman–Crippen MR) is 122 cm³/mol. The second-order valence-electron chi connectivity index (χ2n) is 11.7. The van der Waals surface area contributed by atoms with E-state index in [1.165, 1.54) is 49.8 Å². The third-order valence-electron chi connectivity index (χ3n) is 9.90. The average molecular weight is 463 g/mol. The molecule has 180 valence electrons. The number of allylic oxidation sites excluding steroid dienone is 2. The summed E-state index contributed by atoms with van der Waals surface area (Å²) >= 11 is 0. The zero-order valence-corrected chi connectivity index (χ0v) is 20.1. The second kappa shape index (κ2) is 7.34. The molecule has 1 saturated heterocycles. The maximum Gasteiger partial charge on any atom is 0.573 e. The third-order valence-corrected chi connectivity index (χ3v) is 9.90. The Labute approximate surface area is 194 Å². The number of halogens is 3. The van der Waals surface area contributed by atoms with Crippen molar-refractivity contribution >= 4 is 11.6 Å². The van der Waals surface area contributed by atoms with Crippen LogP contribution in [0.1, 0.15) is 72.1 Å². The van der Waals surface area contributed by atoms with Gasteiger partial charge in [0.05, 0.1) is 13.5 Å². The summed E-state index contributed by atoms with van der Waals surface area (Å²) in [4.78, 5) is 13.5. The van der Waals surface area contributed by atoms with Crippen LogP contribution in [-0.2, 0) is 4.79 Å². The lowest BCUT2D eigenvalue weighted by atomic mass is 9.48. The van der Waals surface area contributed by atoms with Crippen molar-refractivity contribution in [3.05, 3.63) is 35.5 Å². The van der Waals surface area contributed by atoms with Gasteiger partial charge in [0.15, 0.2) is 0 Å². The predicted octanol–water partition coefficient (Wildman–Crippen LogP) is 7.36. The van der Waals surface area contributed by atoms with Crippen molar-refractivity contribution < 1.29 is 22.7 Å². The minimum atomic E-state index is -4.76. The fraction of sp³-hybridized carbons (Fsp3) is 0.667. The number of carbonyl (C=O) groups excluding carboxylic acids is 1. The Bertz CT molecular complexity index is 1020. The molecule has 1 aromatic carbocycles. The molecule has 6 heteroatoms. The van der Waals surface area contributed by atoms with Gasteiger partial charge in [0, 0.05) is 17.5 Å². The molecule has 6 atom stereocenters. The lowest BCUT2D eigenvalue weighted by Crippen LogP contribution is -2.62. The number of hydrogen-bond acceptors (Lipinski definition) is 2. The fourth-order valence-corrected chi connectivity index (χ4v) is 8.61. The molecule has 5 rings (SSSR count). The maximum absolute atomic E-state index is 13.5. The van der Waals surface area contributed by atoms with Crippen molar-refractivity contribution in [1.29, 1.82) is 0 Å². The molecule has 1 aromatic rings. The highest BCUT2D eigenvalue weighted by Crippen LogP contribution is 2.66. The number of nitrogens with zero attached hydrogens (tertiary/aromatic N) is 1. The number of likely N-dealkylation sites (tertiary alicyclic amines) is 1. The average Bonchev–Trinajstić information content (AvgIpc) is 3.12. The van der Waals surface area contributed by atoms with Crippen LogP contribution < -0.4 is 9.22 Å². The van der Waals surface area contributed by atoms with Crippen molar-refractivity contribution in [2.75, 3.05) is 7.05 Å². The molecule has 0 N–H and O–H groups in total. The zero-order chi connectivity index (χ0) is 23.8. The van der Waals surface area contributed by atoms with Gasteiger partial charge in [0.25, 0.3) is 0 Å².